The summed E-state index contributed by atoms with van der Waals surface area (Å²) in [5.74, 6) is -0.814. The van der Waals surface area contributed by atoms with Crippen molar-refractivity contribution in [3.05, 3.63) is 12.7 Å². The second-order valence-electron chi connectivity index (χ2n) is 4.73. The molecule has 0 aromatic rings. The zero-order valence-corrected chi connectivity index (χ0v) is 10.8. The number of carbonyl (C=O) groups excluding carboxylic acids is 2. The van der Waals surface area contributed by atoms with Crippen molar-refractivity contribution in [1.82, 2.24) is 4.90 Å². The third kappa shape index (κ3) is 2.87. The lowest BCUT2D eigenvalue weighted by Crippen LogP contribution is -2.51. The number of piperidine rings is 1. The lowest BCUT2D eigenvalue weighted by molar-refractivity contribution is -0.161. The number of amides is 1. The molecule has 0 bridgehead atoms. The van der Waals surface area contributed by atoms with E-state index in [1.54, 1.807) is 11.9 Å². The molecule has 1 rings (SSSR count). The van der Waals surface area contributed by atoms with Crippen LogP contribution < -0.4 is 0 Å². The number of ether oxygens (including phenoxy) is 1. The Hall–Kier alpha value is -1.32. The quantitative estimate of drug-likeness (QED) is 0.424. The second kappa shape index (κ2) is 5.84. The van der Waals surface area contributed by atoms with Crippen molar-refractivity contribution in [1.29, 1.82) is 0 Å². The standard InChI is InChI=1S/C13H21NO3/c1-5-6-7-10-9(2)8-14(3)12(15)11(10)13(16)17-4/h5,9-11H,1,6-8H2,2-4H3/t9?,10-,11?/m1/s1. The van der Waals surface area contributed by atoms with Gasteiger partial charge in [0.25, 0.3) is 0 Å². The summed E-state index contributed by atoms with van der Waals surface area (Å²) < 4.78 is 4.75. The SMILES string of the molecule is C=CCC[C@@H]1C(C)CN(C)C(=O)C1C(=O)OC. The van der Waals surface area contributed by atoms with Crippen molar-refractivity contribution in [2.45, 2.75) is 19.8 Å². The van der Waals surface area contributed by atoms with Crippen LogP contribution in [0.15, 0.2) is 12.7 Å². The predicted molar refractivity (Wildman–Crippen MR) is 65.2 cm³/mol. The van der Waals surface area contributed by atoms with Gasteiger partial charge < -0.3 is 9.64 Å². The van der Waals surface area contributed by atoms with E-state index in [9.17, 15) is 9.59 Å². The van der Waals surface area contributed by atoms with Gasteiger partial charge in [-0.2, -0.15) is 0 Å². The molecule has 0 aromatic heterocycles. The summed E-state index contributed by atoms with van der Waals surface area (Å²) in [6, 6.07) is 0. The number of nitrogens with zero attached hydrogens (tertiary/aromatic N) is 1. The zero-order valence-electron chi connectivity index (χ0n) is 10.8. The van der Waals surface area contributed by atoms with Crippen molar-refractivity contribution in [2.24, 2.45) is 17.8 Å². The Labute approximate surface area is 103 Å². The molecule has 1 aliphatic rings. The Morgan fingerprint density at radius 1 is 1.65 bits per heavy atom. The van der Waals surface area contributed by atoms with Gasteiger partial charge in [0.05, 0.1) is 7.11 Å². The molecule has 0 spiro atoms. The molecule has 1 fully saturated rings. The van der Waals surface area contributed by atoms with Gasteiger partial charge in [0.1, 0.15) is 5.92 Å². The smallest absolute Gasteiger partial charge is 0.318 e. The molecule has 0 aromatic carbocycles. The minimum Gasteiger partial charge on any atom is -0.468 e. The van der Waals surface area contributed by atoms with Gasteiger partial charge in [-0.05, 0) is 24.7 Å². The summed E-state index contributed by atoms with van der Waals surface area (Å²) >= 11 is 0. The summed E-state index contributed by atoms with van der Waals surface area (Å²) in [5.41, 5.74) is 0. The van der Waals surface area contributed by atoms with Crippen LogP contribution in [0.3, 0.4) is 0 Å². The monoisotopic (exact) mass is 239 g/mol. The fourth-order valence-electron chi connectivity index (χ4n) is 2.57. The fraction of sp³-hybridized carbons (Fsp3) is 0.692. The summed E-state index contributed by atoms with van der Waals surface area (Å²) in [6.45, 7) is 6.46. The van der Waals surface area contributed by atoms with Crippen LogP contribution in [0.1, 0.15) is 19.8 Å². The predicted octanol–water partition coefficient (Wildman–Crippen LogP) is 1.47. The van der Waals surface area contributed by atoms with Crippen LogP contribution in [0.2, 0.25) is 0 Å². The number of methoxy groups -OCH3 is 1. The average molecular weight is 239 g/mol. The first-order valence-electron chi connectivity index (χ1n) is 5.96. The van der Waals surface area contributed by atoms with E-state index < -0.39 is 11.9 Å². The Bertz CT molecular complexity index is 314. The molecule has 0 radical (unpaired) electrons. The Morgan fingerprint density at radius 2 is 2.29 bits per heavy atom. The Balaban J connectivity index is 2.90. The molecule has 0 saturated carbocycles. The molecule has 1 aliphatic heterocycles. The molecule has 0 N–H and O–H groups in total. The number of hydrogen-bond donors (Lipinski definition) is 0. The van der Waals surface area contributed by atoms with E-state index in [1.165, 1.54) is 7.11 Å². The highest BCUT2D eigenvalue weighted by Crippen LogP contribution is 2.33. The van der Waals surface area contributed by atoms with Crippen molar-refractivity contribution in [3.8, 4) is 0 Å². The molecule has 3 atom stereocenters. The number of likely N-dealkylation sites (tertiary alicyclic amines) is 1. The van der Waals surface area contributed by atoms with Crippen molar-refractivity contribution < 1.29 is 14.3 Å². The molecular weight excluding hydrogens is 218 g/mol. The van der Waals surface area contributed by atoms with Gasteiger partial charge in [0, 0.05) is 13.6 Å². The number of esters is 1. The Morgan fingerprint density at radius 3 is 2.82 bits per heavy atom. The number of rotatable bonds is 4. The van der Waals surface area contributed by atoms with Crippen LogP contribution >= 0.6 is 0 Å². The lowest BCUT2D eigenvalue weighted by Gasteiger charge is -2.39. The third-order valence-electron chi connectivity index (χ3n) is 3.52. The average Bonchev–Trinajstić information content (AvgIpc) is 2.31. The van der Waals surface area contributed by atoms with Crippen molar-refractivity contribution in [3.63, 3.8) is 0 Å². The van der Waals surface area contributed by atoms with E-state index in [1.807, 2.05) is 6.08 Å². The fourth-order valence-corrected chi connectivity index (χ4v) is 2.57. The molecule has 4 nitrogen and oxygen atoms in total. The van der Waals surface area contributed by atoms with Crippen molar-refractivity contribution >= 4 is 11.9 Å². The maximum absolute atomic E-state index is 12.0. The zero-order chi connectivity index (χ0) is 13.0. The topological polar surface area (TPSA) is 46.6 Å². The Kier molecular flexibility index (Phi) is 4.73. The second-order valence-corrected chi connectivity index (χ2v) is 4.73. The molecule has 0 aliphatic carbocycles. The summed E-state index contributed by atoms with van der Waals surface area (Å²) in [5, 5.41) is 0. The summed E-state index contributed by atoms with van der Waals surface area (Å²) in [6.07, 6.45) is 3.45. The molecular formula is C13H21NO3. The van der Waals surface area contributed by atoms with Gasteiger partial charge in [0.15, 0.2) is 0 Å². The van der Waals surface area contributed by atoms with Crippen LogP contribution in [0, 0.1) is 17.8 Å². The van der Waals surface area contributed by atoms with E-state index in [0.29, 0.717) is 12.5 Å². The number of carbonyl (C=O) groups is 2. The molecule has 17 heavy (non-hydrogen) atoms. The molecule has 96 valence electrons. The van der Waals surface area contributed by atoms with Crippen LogP contribution in [0.5, 0.6) is 0 Å². The molecule has 1 heterocycles. The minimum absolute atomic E-state index is 0.0594. The van der Waals surface area contributed by atoms with Gasteiger partial charge in [0.2, 0.25) is 5.91 Å². The summed E-state index contributed by atoms with van der Waals surface area (Å²) in [7, 11) is 3.07. The van der Waals surface area contributed by atoms with Crippen LogP contribution in [-0.2, 0) is 14.3 Å². The summed E-state index contributed by atoms with van der Waals surface area (Å²) in [4.78, 5) is 25.4. The van der Waals surface area contributed by atoms with E-state index in [4.69, 9.17) is 4.74 Å². The largest absolute Gasteiger partial charge is 0.468 e. The van der Waals surface area contributed by atoms with Gasteiger partial charge in [-0.15, -0.1) is 6.58 Å². The minimum atomic E-state index is -0.645. The number of allylic oxidation sites excluding steroid dienone is 1. The van der Waals surface area contributed by atoms with E-state index in [0.717, 1.165) is 12.8 Å². The maximum atomic E-state index is 12.0. The highest BCUT2D eigenvalue weighted by Gasteiger charge is 2.43. The van der Waals surface area contributed by atoms with E-state index >= 15 is 0 Å². The third-order valence-corrected chi connectivity index (χ3v) is 3.52. The van der Waals surface area contributed by atoms with Crippen LogP contribution in [0.4, 0.5) is 0 Å². The first-order chi connectivity index (χ1) is 8.02. The highest BCUT2D eigenvalue weighted by atomic mass is 16.5. The van der Waals surface area contributed by atoms with Crippen LogP contribution in [0.25, 0.3) is 0 Å². The van der Waals surface area contributed by atoms with Gasteiger partial charge in [-0.25, -0.2) is 0 Å². The molecule has 4 heteroatoms. The first-order valence-corrected chi connectivity index (χ1v) is 5.96. The van der Waals surface area contributed by atoms with Gasteiger partial charge in [-0.1, -0.05) is 13.0 Å². The molecule has 1 saturated heterocycles. The van der Waals surface area contributed by atoms with Gasteiger partial charge in [-0.3, -0.25) is 9.59 Å². The van der Waals surface area contributed by atoms with E-state index in [2.05, 4.69) is 13.5 Å². The van der Waals surface area contributed by atoms with Crippen LogP contribution in [-0.4, -0.2) is 37.5 Å². The maximum Gasteiger partial charge on any atom is 0.318 e. The first kappa shape index (κ1) is 13.7. The molecule has 1 amide bonds. The molecule has 2 unspecified atom stereocenters. The lowest BCUT2D eigenvalue weighted by atomic mass is 9.75. The van der Waals surface area contributed by atoms with E-state index in [-0.39, 0.29) is 11.8 Å². The van der Waals surface area contributed by atoms with Gasteiger partial charge >= 0.3 is 5.97 Å². The highest BCUT2D eigenvalue weighted by molar-refractivity contribution is 5.98. The van der Waals surface area contributed by atoms with Crippen molar-refractivity contribution in [2.75, 3.05) is 20.7 Å². The normalized spacial score (nSPS) is 29.0. The number of hydrogen-bond acceptors (Lipinski definition) is 3.